The highest BCUT2D eigenvalue weighted by Crippen LogP contribution is 2.40. The first-order valence-corrected chi connectivity index (χ1v) is 12.5. The molecule has 0 aromatic heterocycles. The Morgan fingerprint density at radius 2 is 1.32 bits per heavy atom. The first kappa shape index (κ1) is 25.1. The zero-order chi connectivity index (χ0) is 24.1. The average molecular weight is 477 g/mol. The molecule has 0 aliphatic heterocycles. The van der Waals surface area contributed by atoms with Crippen molar-refractivity contribution in [3.63, 3.8) is 0 Å². The van der Waals surface area contributed by atoms with E-state index in [0.717, 1.165) is 56.9 Å². The van der Waals surface area contributed by atoms with E-state index < -0.39 is 11.6 Å². The second-order valence-corrected chi connectivity index (χ2v) is 9.56. The van der Waals surface area contributed by atoms with E-state index in [1.807, 2.05) is 6.92 Å². The molecule has 0 spiro atoms. The van der Waals surface area contributed by atoms with Gasteiger partial charge in [-0.05, 0) is 98.9 Å². The molecule has 34 heavy (non-hydrogen) atoms. The molecule has 0 radical (unpaired) electrons. The lowest BCUT2D eigenvalue weighted by molar-refractivity contribution is 0.0130. The standard InChI is InChI=1S/C28H35F3O3/c1-3-33-26-15-4-18(16-25(26)29)17-34-22-11-7-20(8-12-22)24-14-13-23(27(30)28(24)31)19-5-9-21(32-2)10-6-19/h4,13-16,19-22H,3,5-12,17H2,1-2H3. The maximum absolute atomic E-state index is 15.1. The van der Waals surface area contributed by atoms with Crippen molar-refractivity contribution in [2.24, 2.45) is 0 Å². The molecule has 4 rings (SSSR count). The van der Waals surface area contributed by atoms with Gasteiger partial charge in [0.2, 0.25) is 0 Å². The van der Waals surface area contributed by atoms with E-state index in [1.165, 1.54) is 6.07 Å². The number of ether oxygens (including phenoxy) is 3. The molecule has 0 heterocycles. The molecule has 2 fully saturated rings. The molecule has 0 amide bonds. The maximum Gasteiger partial charge on any atom is 0.165 e. The minimum absolute atomic E-state index is 0.00412. The highest BCUT2D eigenvalue weighted by Gasteiger charge is 2.30. The molecule has 2 aromatic rings. The van der Waals surface area contributed by atoms with Crippen molar-refractivity contribution in [3.05, 3.63) is 64.5 Å². The van der Waals surface area contributed by atoms with Gasteiger partial charge in [0, 0.05) is 7.11 Å². The lowest BCUT2D eigenvalue weighted by Gasteiger charge is -2.30. The van der Waals surface area contributed by atoms with Crippen molar-refractivity contribution in [1.82, 2.24) is 0 Å². The number of rotatable bonds is 8. The third-order valence-corrected chi connectivity index (χ3v) is 7.49. The van der Waals surface area contributed by atoms with E-state index in [1.54, 1.807) is 31.4 Å². The molecule has 2 saturated carbocycles. The summed E-state index contributed by atoms with van der Waals surface area (Å²) >= 11 is 0. The third kappa shape index (κ3) is 5.77. The number of halogens is 3. The summed E-state index contributed by atoms with van der Waals surface area (Å²) in [6.45, 7) is 2.55. The van der Waals surface area contributed by atoms with Gasteiger partial charge in [0.25, 0.3) is 0 Å². The lowest BCUT2D eigenvalue weighted by Crippen LogP contribution is -2.22. The first-order chi connectivity index (χ1) is 16.5. The maximum atomic E-state index is 15.1. The molecule has 2 aromatic carbocycles. The Bertz CT molecular complexity index is 948. The zero-order valence-corrected chi connectivity index (χ0v) is 20.1. The van der Waals surface area contributed by atoms with Crippen molar-refractivity contribution >= 4 is 0 Å². The van der Waals surface area contributed by atoms with Gasteiger partial charge in [0.1, 0.15) is 0 Å². The SMILES string of the molecule is CCOc1ccc(COC2CCC(c3ccc(C4CCC(OC)CC4)c(F)c3F)CC2)cc1F. The third-order valence-electron chi connectivity index (χ3n) is 7.49. The van der Waals surface area contributed by atoms with Crippen molar-refractivity contribution in [3.8, 4) is 5.75 Å². The molecule has 3 nitrogen and oxygen atoms in total. The van der Waals surface area contributed by atoms with Crippen LogP contribution in [-0.2, 0) is 16.1 Å². The van der Waals surface area contributed by atoms with Crippen LogP contribution in [-0.4, -0.2) is 25.9 Å². The van der Waals surface area contributed by atoms with Crippen LogP contribution in [0, 0.1) is 17.5 Å². The molecular formula is C28H35F3O3. The molecule has 0 N–H and O–H groups in total. The number of methoxy groups -OCH3 is 1. The smallest absolute Gasteiger partial charge is 0.165 e. The zero-order valence-electron chi connectivity index (χ0n) is 20.1. The fourth-order valence-electron chi connectivity index (χ4n) is 5.48. The monoisotopic (exact) mass is 476 g/mol. The van der Waals surface area contributed by atoms with Crippen LogP contribution in [0.3, 0.4) is 0 Å². The van der Waals surface area contributed by atoms with Gasteiger partial charge in [0.05, 0.1) is 25.4 Å². The summed E-state index contributed by atoms with van der Waals surface area (Å²) in [4.78, 5) is 0. The molecule has 6 heteroatoms. The Hall–Kier alpha value is -2.05. The van der Waals surface area contributed by atoms with Crippen molar-refractivity contribution in [2.45, 2.75) is 88.9 Å². The van der Waals surface area contributed by atoms with Crippen LogP contribution >= 0.6 is 0 Å². The van der Waals surface area contributed by atoms with E-state index in [0.29, 0.717) is 24.3 Å². The summed E-state index contributed by atoms with van der Waals surface area (Å²) in [5, 5.41) is 0. The molecule has 0 atom stereocenters. The minimum Gasteiger partial charge on any atom is -0.491 e. The second kappa shape index (κ2) is 11.6. The lowest BCUT2D eigenvalue weighted by atomic mass is 9.79. The van der Waals surface area contributed by atoms with Crippen LogP contribution in [0.4, 0.5) is 13.2 Å². The molecule has 2 aliphatic carbocycles. The first-order valence-electron chi connectivity index (χ1n) is 12.5. The Morgan fingerprint density at radius 1 is 0.765 bits per heavy atom. The molecular weight excluding hydrogens is 441 g/mol. The molecule has 186 valence electrons. The van der Waals surface area contributed by atoms with Gasteiger partial charge in [0.15, 0.2) is 23.2 Å². The molecule has 0 unspecified atom stereocenters. The number of hydrogen-bond donors (Lipinski definition) is 0. The Morgan fingerprint density at radius 3 is 1.82 bits per heavy atom. The highest BCUT2D eigenvalue weighted by atomic mass is 19.2. The largest absolute Gasteiger partial charge is 0.491 e. The van der Waals surface area contributed by atoms with Crippen LogP contribution in [0.1, 0.15) is 86.8 Å². The topological polar surface area (TPSA) is 27.7 Å². The van der Waals surface area contributed by atoms with E-state index >= 15 is 8.78 Å². The highest BCUT2D eigenvalue weighted by molar-refractivity contribution is 5.32. The van der Waals surface area contributed by atoms with Gasteiger partial charge in [-0.1, -0.05) is 18.2 Å². The summed E-state index contributed by atoms with van der Waals surface area (Å²) in [6, 6.07) is 8.47. The minimum atomic E-state index is -0.680. The van der Waals surface area contributed by atoms with Gasteiger partial charge in [-0.3, -0.25) is 0 Å². The van der Waals surface area contributed by atoms with Crippen molar-refractivity contribution in [1.29, 1.82) is 0 Å². The summed E-state index contributed by atoms with van der Waals surface area (Å²) < 4.78 is 60.7. The summed E-state index contributed by atoms with van der Waals surface area (Å²) in [5.74, 6) is -1.44. The van der Waals surface area contributed by atoms with Gasteiger partial charge in [-0.25, -0.2) is 13.2 Å². The Labute approximate surface area is 200 Å². The van der Waals surface area contributed by atoms with Crippen molar-refractivity contribution < 1.29 is 27.4 Å². The van der Waals surface area contributed by atoms with Gasteiger partial charge >= 0.3 is 0 Å². The van der Waals surface area contributed by atoms with Gasteiger partial charge in [-0.15, -0.1) is 0 Å². The summed E-state index contributed by atoms with van der Waals surface area (Å²) in [6.07, 6.45) is 6.73. The quantitative estimate of drug-likeness (QED) is 0.397. The summed E-state index contributed by atoms with van der Waals surface area (Å²) in [7, 11) is 1.71. The van der Waals surface area contributed by atoms with Gasteiger partial charge in [-0.2, -0.15) is 0 Å². The van der Waals surface area contributed by atoms with E-state index in [4.69, 9.17) is 14.2 Å². The van der Waals surface area contributed by atoms with E-state index in [-0.39, 0.29) is 35.6 Å². The molecule has 2 aliphatic rings. The Kier molecular flexibility index (Phi) is 8.54. The fraction of sp³-hybridized carbons (Fsp3) is 0.571. The van der Waals surface area contributed by atoms with Crippen LogP contribution in [0.25, 0.3) is 0 Å². The van der Waals surface area contributed by atoms with Crippen LogP contribution in [0.15, 0.2) is 30.3 Å². The normalized spacial score (nSPS) is 25.3. The van der Waals surface area contributed by atoms with Crippen LogP contribution in [0.5, 0.6) is 5.75 Å². The van der Waals surface area contributed by atoms with Crippen molar-refractivity contribution in [2.75, 3.05) is 13.7 Å². The molecule has 0 saturated heterocycles. The fourth-order valence-corrected chi connectivity index (χ4v) is 5.48. The van der Waals surface area contributed by atoms with Crippen LogP contribution < -0.4 is 4.74 Å². The van der Waals surface area contributed by atoms with E-state index in [2.05, 4.69) is 0 Å². The Balaban J connectivity index is 1.31. The van der Waals surface area contributed by atoms with E-state index in [9.17, 15) is 4.39 Å². The second-order valence-electron chi connectivity index (χ2n) is 9.56. The predicted octanol–water partition coefficient (Wildman–Crippen LogP) is 7.42. The number of hydrogen-bond acceptors (Lipinski definition) is 3. The molecule has 0 bridgehead atoms. The van der Waals surface area contributed by atoms with Gasteiger partial charge < -0.3 is 14.2 Å². The summed E-state index contributed by atoms with van der Waals surface area (Å²) in [5.41, 5.74) is 1.75. The average Bonchev–Trinajstić information content (AvgIpc) is 2.86. The van der Waals surface area contributed by atoms with Crippen LogP contribution in [0.2, 0.25) is 0 Å². The predicted molar refractivity (Wildman–Crippen MR) is 126 cm³/mol. The number of benzene rings is 2.